The third-order valence-corrected chi connectivity index (χ3v) is 5.62. The molecule has 1 heterocycles. The van der Waals surface area contributed by atoms with Gasteiger partial charge >= 0.3 is 0 Å². The van der Waals surface area contributed by atoms with Crippen molar-refractivity contribution in [2.45, 2.75) is 31.3 Å². The first-order valence-electron chi connectivity index (χ1n) is 6.98. The molecule has 0 aromatic heterocycles. The van der Waals surface area contributed by atoms with Gasteiger partial charge in [0, 0.05) is 19.6 Å². The average molecular weight is 298 g/mol. The van der Waals surface area contributed by atoms with Gasteiger partial charge in [-0.05, 0) is 31.4 Å². The van der Waals surface area contributed by atoms with Gasteiger partial charge in [-0.3, -0.25) is 0 Å². The van der Waals surface area contributed by atoms with Gasteiger partial charge in [-0.1, -0.05) is 19.1 Å². The fourth-order valence-corrected chi connectivity index (χ4v) is 4.20. The highest BCUT2D eigenvalue weighted by atomic mass is 32.2. The van der Waals surface area contributed by atoms with Gasteiger partial charge in [0.25, 0.3) is 0 Å². The number of aliphatic hydroxyl groups is 1. The van der Waals surface area contributed by atoms with Gasteiger partial charge in [-0.2, -0.15) is 4.31 Å². The molecule has 1 aliphatic heterocycles. The van der Waals surface area contributed by atoms with E-state index in [1.165, 1.54) is 4.31 Å². The Morgan fingerprint density at radius 1 is 1.40 bits per heavy atom. The summed E-state index contributed by atoms with van der Waals surface area (Å²) >= 11 is 0. The topological polar surface area (TPSA) is 69.6 Å². The Bertz CT molecular complexity index is 559. The lowest BCUT2D eigenvalue weighted by atomic mass is 9.99. The van der Waals surface area contributed by atoms with Crippen molar-refractivity contribution >= 4 is 15.7 Å². The van der Waals surface area contributed by atoms with E-state index >= 15 is 0 Å². The van der Waals surface area contributed by atoms with Crippen molar-refractivity contribution in [2.24, 2.45) is 5.92 Å². The highest BCUT2D eigenvalue weighted by Gasteiger charge is 2.33. The van der Waals surface area contributed by atoms with Crippen LogP contribution in [0.3, 0.4) is 0 Å². The van der Waals surface area contributed by atoms with Crippen LogP contribution >= 0.6 is 0 Å². The lowest BCUT2D eigenvalue weighted by Crippen LogP contribution is -2.44. The molecular weight excluding hydrogens is 276 g/mol. The van der Waals surface area contributed by atoms with E-state index in [1.807, 2.05) is 19.9 Å². The number of sulfonamides is 1. The first-order valence-corrected chi connectivity index (χ1v) is 8.42. The minimum absolute atomic E-state index is 0.0372. The summed E-state index contributed by atoms with van der Waals surface area (Å²) in [6.07, 6.45) is 0.0782. The summed E-state index contributed by atoms with van der Waals surface area (Å²) in [6.45, 7) is 5.21. The van der Waals surface area contributed by atoms with Gasteiger partial charge < -0.3 is 10.4 Å². The van der Waals surface area contributed by atoms with Gasteiger partial charge in [-0.25, -0.2) is 8.42 Å². The van der Waals surface area contributed by atoms with Crippen LogP contribution in [-0.4, -0.2) is 43.6 Å². The second-order valence-corrected chi connectivity index (χ2v) is 7.13. The van der Waals surface area contributed by atoms with Crippen LogP contribution in [-0.2, 0) is 10.0 Å². The zero-order valence-corrected chi connectivity index (χ0v) is 12.7. The van der Waals surface area contributed by atoms with E-state index in [2.05, 4.69) is 5.32 Å². The summed E-state index contributed by atoms with van der Waals surface area (Å²) in [7, 11) is -3.51. The molecule has 0 radical (unpaired) electrons. The number of hydrogen-bond acceptors (Lipinski definition) is 4. The summed E-state index contributed by atoms with van der Waals surface area (Å²) in [5.41, 5.74) is 0.633. The molecule has 2 N–H and O–H groups in total. The molecule has 0 bridgehead atoms. The predicted octanol–water partition coefficient (Wildman–Crippen LogP) is 1.51. The Balaban J connectivity index is 2.31. The molecule has 1 fully saturated rings. The van der Waals surface area contributed by atoms with Gasteiger partial charge in [0.05, 0.1) is 11.8 Å². The van der Waals surface area contributed by atoms with Crippen LogP contribution in [0.15, 0.2) is 29.2 Å². The molecule has 0 amide bonds. The number of rotatable bonds is 4. The van der Waals surface area contributed by atoms with E-state index in [0.717, 1.165) is 0 Å². The van der Waals surface area contributed by atoms with Crippen molar-refractivity contribution in [1.29, 1.82) is 0 Å². The van der Waals surface area contributed by atoms with Crippen LogP contribution in [0.5, 0.6) is 0 Å². The molecule has 2 atom stereocenters. The van der Waals surface area contributed by atoms with Crippen molar-refractivity contribution in [1.82, 2.24) is 4.31 Å². The van der Waals surface area contributed by atoms with Crippen molar-refractivity contribution < 1.29 is 13.5 Å². The van der Waals surface area contributed by atoms with E-state index in [1.54, 1.807) is 18.2 Å². The second kappa shape index (κ2) is 6.11. The number of anilines is 1. The van der Waals surface area contributed by atoms with Crippen molar-refractivity contribution in [3.05, 3.63) is 24.3 Å². The van der Waals surface area contributed by atoms with E-state index in [0.29, 0.717) is 36.6 Å². The monoisotopic (exact) mass is 298 g/mol. The molecule has 1 saturated heterocycles. The number of piperidine rings is 1. The van der Waals surface area contributed by atoms with Crippen molar-refractivity contribution in [2.75, 3.05) is 25.0 Å². The average Bonchev–Trinajstić information content (AvgIpc) is 2.42. The summed E-state index contributed by atoms with van der Waals surface area (Å²) in [5.74, 6) is -0.0372. The molecule has 1 aliphatic rings. The molecule has 0 spiro atoms. The number of aliphatic hydroxyl groups excluding tert-OH is 1. The molecule has 2 rings (SSSR count). The molecule has 112 valence electrons. The standard InChI is InChI=1S/C14H22N2O3S/c1-3-15-12-6-4-5-7-14(12)20(18,19)16-9-8-13(17)11(2)10-16/h4-7,11,13,15,17H,3,8-10H2,1-2H3. The summed E-state index contributed by atoms with van der Waals surface area (Å²) < 4.78 is 27.0. The van der Waals surface area contributed by atoms with E-state index in [9.17, 15) is 13.5 Å². The highest BCUT2D eigenvalue weighted by Crippen LogP contribution is 2.28. The molecule has 0 saturated carbocycles. The summed E-state index contributed by atoms with van der Waals surface area (Å²) in [4.78, 5) is 0.311. The number of benzene rings is 1. The highest BCUT2D eigenvalue weighted by molar-refractivity contribution is 7.89. The molecule has 20 heavy (non-hydrogen) atoms. The Morgan fingerprint density at radius 3 is 2.75 bits per heavy atom. The van der Waals surface area contributed by atoms with E-state index < -0.39 is 16.1 Å². The van der Waals surface area contributed by atoms with Gasteiger partial charge in [-0.15, -0.1) is 0 Å². The Morgan fingerprint density at radius 2 is 2.10 bits per heavy atom. The van der Waals surface area contributed by atoms with Crippen LogP contribution in [0, 0.1) is 5.92 Å². The van der Waals surface area contributed by atoms with Crippen LogP contribution in [0.4, 0.5) is 5.69 Å². The van der Waals surface area contributed by atoms with E-state index in [-0.39, 0.29) is 5.92 Å². The summed E-state index contributed by atoms with van der Waals surface area (Å²) in [5, 5.41) is 12.8. The van der Waals surface area contributed by atoms with Gasteiger partial charge in [0.15, 0.2) is 0 Å². The maximum Gasteiger partial charge on any atom is 0.245 e. The normalized spacial score (nSPS) is 24.6. The van der Waals surface area contributed by atoms with Crippen molar-refractivity contribution in [3.63, 3.8) is 0 Å². The first-order chi connectivity index (χ1) is 9.46. The first kappa shape index (κ1) is 15.3. The van der Waals surface area contributed by atoms with Crippen LogP contribution in [0.1, 0.15) is 20.3 Å². The quantitative estimate of drug-likeness (QED) is 0.884. The zero-order chi connectivity index (χ0) is 14.8. The fraction of sp³-hybridized carbons (Fsp3) is 0.571. The maximum atomic E-state index is 12.7. The third-order valence-electron chi connectivity index (χ3n) is 3.69. The Kier molecular flexibility index (Phi) is 4.67. The van der Waals surface area contributed by atoms with Gasteiger partial charge in [0.1, 0.15) is 4.90 Å². The van der Waals surface area contributed by atoms with Crippen LogP contribution < -0.4 is 5.32 Å². The number of nitrogens with zero attached hydrogens (tertiary/aromatic N) is 1. The lowest BCUT2D eigenvalue weighted by molar-refractivity contribution is 0.0629. The number of hydrogen-bond donors (Lipinski definition) is 2. The Hall–Kier alpha value is -1.11. The molecule has 1 aromatic carbocycles. The summed E-state index contributed by atoms with van der Waals surface area (Å²) in [6, 6.07) is 6.96. The van der Waals surface area contributed by atoms with Crippen molar-refractivity contribution in [3.8, 4) is 0 Å². The minimum Gasteiger partial charge on any atom is -0.393 e. The van der Waals surface area contributed by atoms with Crippen LogP contribution in [0.2, 0.25) is 0 Å². The Labute approximate surface area is 120 Å². The number of para-hydroxylation sites is 1. The van der Waals surface area contributed by atoms with Crippen LogP contribution in [0.25, 0.3) is 0 Å². The molecule has 1 aromatic rings. The SMILES string of the molecule is CCNc1ccccc1S(=O)(=O)N1CCC(O)C(C)C1. The largest absolute Gasteiger partial charge is 0.393 e. The maximum absolute atomic E-state index is 12.7. The molecule has 5 nitrogen and oxygen atoms in total. The molecule has 6 heteroatoms. The predicted molar refractivity (Wildman–Crippen MR) is 79.2 cm³/mol. The zero-order valence-electron chi connectivity index (χ0n) is 11.9. The molecule has 2 unspecified atom stereocenters. The second-order valence-electron chi connectivity index (χ2n) is 5.22. The third kappa shape index (κ3) is 2.97. The minimum atomic E-state index is -3.51. The lowest BCUT2D eigenvalue weighted by Gasteiger charge is -2.33. The van der Waals surface area contributed by atoms with Gasteiger partial charge in [0.2, 0.25) is 10.0 Å². The smallest absolute Gasteiger partial charge is 0.245 e. The molecular formula is C14H22N2O3S. The molecule has 0 aliphatic carbocycles. The number of nitrogens with one attached hydrogen (secondary N) is 1. The van der Waals surface area contributed by atoms with E-state index in [4.69, 9.17) is 0 Å². The fourth-order valence-electron chi connectivity index (χ4n) is 2.48.